The van der Waals surface area contributed by atoms with Crippen LogP contribution in [0, 0.1) is 6.92 Å². The number of nitrogens with zero attached hydrogens (tertiary/aromatic N) is 1. The lowest BCUT2D eigenvalue weighted by atomic mass is 10.1. The van der Waals surface area contributed by atoms with E-state index >= 15 is 0 Å². The Bertz CT molecular complexity index is 512. The highest BCUT2D eigenvalue weighted by atomic mass is 16.5. The molecule has 0 aliphatic carbocycles. The van der Waals surface area contributed by atoms with Crippen molar-refractivity contribution in [3.05, 3.63) is 29.3 Å². The molecule has 0 spiro atoms. The molecule has 5 nitrogen and oxygen atoms in total. The molecule has 0 radical (unpaired) electrons. The van der Waals surface area contributed by atoms with Gasteiger partial charge in [0.05, 0.1) is 7.11 Å². The summed E-state index contributed by atoms with van der Waals surface area (Å²) in [6.07, 6.45) is 1.40. The first-order chi connectivity index (χ1) is 9.04. The average molecular weight is 263 g/mol. The highest BCUT2D eigenvalue weighted by molar-refractivity contribution is 5.97. The normalized spacial score (nSPS) is 18.4. The summed E-state index contributed by atoms with van der Waals surface area (Å²) in [5.41, 5.74) is 1.10. The number of aryl methyl sites for hydroxylation is 1. The van der Waals surface area contributed by atoms with Crippen LogP contribution in [0.3, 0.4) is 0 Å². The van der Waals surface area contributed by atoms with Gasteiger partial charge in [0, 0.05) is 12.1 Å². The quantitative estimate of drug-likeness (QED) is 0.821. The molecule has 1 atom stereocenters. The molecule has 5 heteroatoms. The third-order valence-electron chi connectivity index (χ3n) is 3.44. The molecule has 1 aromatic carbocycles. The van der Waals surface area contributed by atoms with Gasteiger partial charge in [-0.25, -0.2) is 4.79 Å². The maximum absolute atomic E-state index is 12.3. The topological polar surface area (TPSA) is 66.8 Å². The van der Waals surface area contributed by atoms with Gasteiger partial charge in [-0.2, -0.15) is 0 Å². The van der Waals surface area contributed by atoms with Crippen molar-refractivity contribution in [2.24, 2.45) is 0 Å². The van der Waals surface area contributed by atoms with Crippen molar-refractivity contribution in [2.45, 2.75) is 25.8 Å². The number of hydrogen-bond donors (Lipinski definition) is 1. The van der Waals surface area contributed by atoms with Gasteiger partial charge in [-0.1, -0.05) is 6.07 Å². The average Bonchev–Trinajstić information content (AvgIpc) is 2.89. The number of hydrogen-bond acceptors (Lipinski definition) is 4. The number of methoxy groups -OCH3 is 1. The summed E-state index contributed by atoms with van der Waals surface area (Å²) < 4.78 is 4.71. The molecule has 1 fully saturated rings. The first-order valence-electron chi connectivity index (χ1n) is 6.23. The molecule has 0 bridgehead atoms. The number of carbonyl (C=O) groups excluding carboxylic acids is 2. The fourth-order valence-corrected chi connectivity index (χ4v) is 2.30. The van der Waals surface area contributed by atoms with Crippen LogP contribution in [0.2, 0.25) is 0 Å². The van der Waals surface area contributed by atoms with Crippen molar-refractivity contribution in [3.8, 4) is 5.75 Å². The lowest BCUT2D eigenvalue weighted by Gasteiger charge is -2.22. The number of ether oxygens (including phenoxy) is 1. The molecule has 1 saturated heterocycles. The maximum atomic E-state index is 12.3. The summed E-state index contributed by atoms with van der Waals surface area (Å²) >= 11 is 0. The summed E-state index contributed by atoms with van der Waals surface area (Å²) in [7, 11) is 1.32. The SMILES string of the molecule is COC(=O)C1CCCN1C(=O)c1ccc(C)c(O)c1. The van der Waals surface area contributed by atoms with Gasteiger partial charge in [0.2, 0.25) is 0 Å². The number of likely N-dealkylation sites (tertiary alicyclic amines) is 1. The van der Waals surface area contributed by atoms with Crippen LogP contribution in [-0.4, -0.2) is 41.6 Å². The van der Waals surface area contributed by atoms with Crippen LogP contribution < -0.4 is 0 Å². The standard InChI is InChI=1S/C14H17NO4/c1-9-5-6-10(8-12(9)16)13(17)15-7-3-4-11(15)14(18)19-2/h5-6,8,11,16H,3-4,7H2,1-2H3. The number of rotatable bonds is 2. The van der Waals surface area contributed by atoms with Crippen LogP contribution in [0.4, 0.5) is 0 Å². The van der Waals surface area contributed by atoms with E-state index in [0.29, 0.717) is 24.1 Å². The van der Waals surface area contributed by atoms with Gasteiger partial charge in [-0.15, -0.1) is 0 Å². The van der Waals surface area contributed by atoms with Gasteiger partial charge >= 0.3 is 5.97 Å². The number of aromatic hydroxyl groups is 1. The van der Waals surface area contributed by atoms with E-state index in [1.165, 1.54) is 18.1 Å². The van der Waals surface area contributed by atoms with Crippen molar-refractivity contribution in [1.82, 2.24) is 4.90 Å². The smallest absolute Gasteiger partial charge is 0.328 e. The Labute approximate surface area is 111 Å². The molecule has 1 N–H and O–H groups in total. The molecule has 102 valence electrons. The number of amides is 1. The lowest BCUT2D eigenvalue weighted by Crippen LogP contribution is -2.41. The second-order valence-electron chi connectivity index (χ2n) is 4.68. The van der Waals surface area contributed by atoms with Crippen LogP contribution in [0.15, 0.2) is 18.2 Å². The van der Waals surface area contributed by atoms with Crippen LogP contribution in [0.25, 0.3) is 0 Å². The number of phenols is 1. The second kappa shape index (κ2) is 5.30. The summed E-state index contributed by atoms with van der Waals surface area (Å²) in [6, 6.07) is 4.26. The Kier molecular flexibility index (Phi) is 3.74. The van der Waals surface area contributed by atoms with E-state index in [0.717, 1.165) is 6.42 Å². The fourth-order valence-electron chi connectivity index (χ4n) is 2.30. The van der Waals surface area contributed by atoms with E-state index < -0.39 is 6.04 Å². The molecule has 1 aromatic rings. The zero-order valence-electron chi connectivity index (χ0n) is 11.0. The van der Waals surface area contributed by atoms with Gasteiger partial charge in [0.15, 0.2) is 0 Å². The summed E-state index contributed by atoms with van der Waals surface area (Å²) in [5.74, 6) is -0.551. The predicted molar refractivity (Wildman–Crippen MR) is 68.9 cm³/mol. The Morgan fingerprint density at radius 3 is 2.79 bits per heavy atom. The van der Waals surface area contributed by atoms with Crippen molar-refractivity contribution in [1.29, 1.82) is 0 Å². The Balaban J connectivity index is 2.23. The summed E-state index contributed by atoms with van der Waals surface area (Å²) in [6.45, 7) is 2.30. The van der Waals surface area contributed by atoms with E-state index in [4.69, 9.17) is 4.74 Å². The Morgan fingerprint density at radius 1 is 1.42 bits per heavy atom. The molecular weight excluding hydrogens is 246 g/mol. The third kappa shape index (κ3) is 2.54. The van der Waals surface area contributed by atoms with Crippen molar-refractivity contribution in [3.63, 3.8) is 0 Å². The molecule has 1 heterocycles. The predicted octanol–water partition coefficient (Wildman–Crippen LogP) is 1.48. The summed E-state index contributed by atoms with van der Waals surface area (Å²) in [4.78, 5) is 25.5. The Morgan fingerprint density at radius 2 is 2.16 bits per heavy atom. The van der Waals surface area contributed by atoms with Crippen LogP contribution in [0.5, 0.6) is 5.75 Å². The van der Waals surface area contributed by atoms with Crippen molar-refractivity contribution >= 4 is 11.9 Å². The van der Waals surface area contributed by atoms with Gasteiger partial charge in [-0.3, -0.25) is 4.79 Å². The number of esters is 1. The van der Waals surface area contributed by atoms with Gasteiger partial charge < -0.3 is 14.7 Å². The monoisotopic (exact) mass is 263 g/mol. The fraction of sp³-hybridized carbons (Fsp3) is 0.429. The van der Waals surface area contributed by atoms with Crippen LogP contribution >= 0.6 is 0 Å². The molecule has 1 amide bonds. The zero-order chi connectivity index (χ0) is 14.0. The van der Waals surface area contributed by atoms with E-state index in [-0.39, 0.29) is 17.6 Å². The minimum Gasteiger partial charge on any atom is -0.508 e. The Hall–Kier alpha value is -2.04. The molecular formula is C14H17NO4. The molecule has 0 saturated carbocycles. The molecule has 1 unspecified atom stereocenters. The first kappa shape index (κ1) is 13.4. The molecule has 2 rings (SSSR count). The number of carbonyl (C=O) groups is 2. The number of benzene rings is 1. The summed E-state index contributed by atoms with van der Waals surface area (Å²) in [5, 5.41) is 9.65. The highest BCUT2D eigenvalue weighted by Crippen LogP contribution is 2.24. The molecule has 19 heavy (non-hydrogen) atoms. The third-order valence-corrected chi connectivity index (χ3v) is 3.44. The zero-order valence-corrected chi connectivity index (χ0v) is 11.0. The van der Waals surface area contributed by atoms with E-state index in [1.807, 2.05) is 0 Å². The van der Waals surface area contributed by atoms with Crippen molar-refractivity contribution in [2.75, 3.05) is 13.7 Å². The van der Waals surface area contributed by atoms with Crippen LogP contribution in [0.1, 0.15) is 28.8 Å². The largest absolute Gasteiger partial charge is 0.508 e. The minimum atomic E-state index is -0.513. The van der Waals surface area contributed by atoms with E-state index in [9.17, 15) is 14.7 Å². The molecule has 1 aliphatic rings. The van der Waals surface area contributed by atoms with Gasteiger partial charge in [0.1, 0.15) is 11.8 Å². The van der Waals surface area contributed by atoms with E-state index in [2.05, 4.69) is 0 Å². The van der Waals surface area contributed by atoms with Gasteiger partial charge in [-0.05, 0) is 37.5 Å². The van der Waals surface area contributed by atoms with Crippen LogP contribution in [-0.2, 0) is 9.53 Å². The van der Waals surface area contributed by atoms with Gasteiger partial charge in [0.25, 0.3) is 5.91 Å². The number of phenolic OH excluding ortho intramolecular Hbond substituents is 1. The van der Waals surface area contributed by atoms with E-state index in [1.54, 1.807) is 19.1 Å². The highest BCUT2D eigenvalue weighted by Gasteiger charge is 2.35. The first-order valence-corrected chi connectivity index (χ1v) is 6.23. The molecule has 1 aliphatic heterocycles. The maximum Gasteiger partial charge on any atom is 0.328 e. The lowest BCUT2D eigenvalue weighted by molar-refractivity contribution is -0.145. The molecule has 0 aromatic heterocycles. The second-order valence-corrected chi connectivity index (χ2v) is 4.68. The minimum absolute atomic E-state index is 0.0830. The van der Waals surface area contributed by atoms with Crippen molar-refractivity contribution < 1.29 is 19.4 Å².